The molecule has 0 fully saturated rings. The van der Waals surface area contributed by atoms with Gasteiger partial charge in [-0.3, -0.25) is 0 Å². The van der Waals surface area contributed by atoms with Gasteiger partial charge in [0.2, 0.25) is 10.0 Å². The number of ether oxygens (including phenoxy) is 2. The zero-order valence-electron chi connectivity index (χ0n) is 11.2. The van der Waals surface area contributed by atoms with Crippen LogP contribution in [0.25, 0.3) is 0 Å². The van der Waals surface area contributed by atoms with E-state index in [1.807, 2.05) is 0 Å². The second kappa shape index (κ2) is 8.17. The van der Waals surface area contributed by atoms with Crippen LogP contribution in [0.15, 0.2) is 23.1 Å². The lowest BCUT2D eigenvalue weighted by molar-refractivity contribution is 0.0320. The molecule has 0 aliphatic heterocycles. The smallest absolute Gasteiger partial charge is 0.242 e. The number of alkyl halides is 1. The predicted octanol–water partition coefficient (Wildman–Crippen LogP) is 2.02. The molecule has 0 saturated heterocycles. The standard InChI is InChI=1S/C12H17Cl2NO4S/c1-18-8-10(19-2)7-15-20(16,17)12-5-9(6-13)3-4-11(12)14/h3-5,10,15H,6-8H2,1-2H3. The third-order valence-corrected chi connectivity index (χ3v) is 4.84. The summed E-state index contributed by atoms with van der Waals surface area (Å²) in [4.78, 5) is 0.00425. The predicted molar refractivity (Wildman–Crippen MR) is 78.9 cm³/mol. The molecule has 0 aliphatic carbocycles. The molecule has 8 heteroatoms. The monoisotopic (exact) mass is 341 g/mol. The Morgan fingerprint density at radius 3 is 2.60 bits per heavy atom. The molecule has 0 radical (unpaired) electrons. The molecule has 114 valence electrons. The lowest BCUT2D eigenvalue weighted by Crippen LogP contribution is -2.35. The molecule has 0 bridgehead atoms. The number of benzene rings is 1. The van der Waals surface area contributed by atoms with Gasteiger partial charge in [0, 0.05) is 26.6 Å². The second-order valence-electron chi connectivity index (χ2n) is 4.06. The molecule has 1 aromatic rings. The van der Waals surface area contributed by atoms with Crippen molar-refractivity contribution in [2.45, 2.75) is 16.9 Å². The van der Waals surface area contributed by atoms with E-state index in [2.05, 4.69) is 4.72 Å². The van der Waals surface area contributed by atoms with Gasteiger partial charge in [-0.1, -0.05) is 17.7 Å². The summed E-state index contributed by atoms with van der Waals surface area (Å²) >= 11 is 11.6. The van der Waals surface area contributed by atoms with Crippen molar-refractivity contribution in [2.24, 2.45) is 0 Å². The summed E-state index contributed by atoms with van der Waals surface area (Å²) in [6, 6.07) is 4.64. The SMILES string of the molecule is COCC(CNS(=O)(=O)c1cc(CCl)ccc1Cl)OC. The van der Waals surface area contributed by atoms with Crippen LogP contribution < -0.4 is 4.72 Å². The Balaban J connectivity index is 2.88. The van der Waals surface area contributed by atoms with Crippen LogP contribution in [0.2, 0.25) is 5.02 Å². The van der Waals surface area contributed by atoms with Crippen molar-refractivity contribution in [3.8, 4) is 0 Å². The lowest BCUT2D eigenvalue weighted by atomic mass is 10.2. The van der Waals surface area contributed by atoms with Gasteiger partial charge < -0.3 is 9.47 Å². The summed E-state index contributed by atoms with van der Waals surface area (Å²) in [7, 11) is -0.723. The summed E-state index contributed by atoms with van der Waals surface area (Å²) in [5.41, 5.74) is 0.677. The van der Waals surface area contributed by atoms with Gasteiger partial charge in [0.05, 0.1) is 17.7 Å². The minimum absolute atomic E-state index is 0.00425. The van der Waals surface area contributed by atoms with Crippen molar-refractivity contribution in [1.82, 2.24) is 4.72 Å². The van der Waals surface area contributed by atoms with Crippen LogP contribution in [0.3, 0.4) is 0 Å². The highest BCUT2D eigenvalue weighted by molar-refractivity contribution is 7.89. The highest BCUT2D eigenvalue weighted by Gasteiger charge is 2.20. The van der Waals surface area contributed by atoms with E-state index in [9.17, 15) is 8.42 Å². The van der Waals surface area contributed by atoms with Crippen molar-refractivity contribution in [1.29, 1.82) is 0 Å². The summed E-state index contributed by atoms with van der Waals surface area (Å²) in [5, 5.41) is 0.145. The topological polar surface area (TPSA) is 64.6 Å². The number of halogens is 2. The first kappa shape index (κ1) is 17.7. The number of hydrogen-bond donors (Lipinski definition) is 1. The molecule has 0 heterocycles. The molecular formula is C12H17Cl2NO4S. The number of methoxy groups -OCH3 is 2. The molecular weight excluding hydrogens is 325 g/mol. The van der Waals surface area contributed by atoms with Crippen molar-refractivity contribution >= 4 is 33.2 Å². The van der Waals surface area contributed by atoms with Gasteiger partial charge in [0.15, 0.2) is 0 Å². The average Bonchev–Trinajstić information content (AvgIpc) is 2.43. The van der Waals surface area contributed by atoms with Gasteiger partial charge in [0.1, 0.15) is 4.90 Å². The average molecular weight is 342 g/mol. The Kier molecular flexibility index (Phi) is 7.22. The van der Waals surface area contributed by atoms with Crippen LogP contribution in [-0.2, 0) is 25.4 Å². The zero-order chi connectivity index (χ0) is 15.2. The quantitative estimate of drug-likeness (QED) is 0.734. The molecule has 0 aromatic heterocycles. The molecule has 20 heavy (non-hydrogen) atoms. The van der Waals surface area contributed by atoms with Gasteiger partial charge in [-0.2, -0.15) is 0 Å². The summed E-state index contributed by atoms with van der Waals surface area (Å²) in [5.74, 6) is 0.212. The molecule has 0 aliphatic rings. The first-order valence-corrected chi connectivity index (χ1v) is 8.20. The minimum atomic E-state index is -3.72. The lowest BCUT2D eigenvalue weighted by Gasteiger charge is -2.16. The zero-order valence-corrected chi connectivity index (χ0v) is 13.6. The second-order valence-corrected chi connectivity index (χ2v) is 6.47. The van der Waals surface area contributed by atoms with Crippen LogP contribution in [-0.4, -0.2) is 41.9 Å². The Labute approximate surface area is 129 Å². The molecule has 1 rings (SSSR count). The van der Waals surface area contributed by atoms with Crippen molar-refractivity contribution in [3.63, 3.8) is 0 Å². The third kappa shape index (κ3) is 4.87. The van der Waals surface area contributed by atoms with Crippen LogP contribution in [0.5, 0.6) is 0 Å². The van der Waals surface area contributed by atoms with E-state index >= 15 is 0 Å². The van der Waals surface area contributed by atoms with Gasteiger partial charge in [-0.25, -0.2) is 13.1 Å². The Hall–Kier alpha value is -0.370. The van der Waals surface area contributed by atoms with E-state index in [4.69, 9.17) is 32.7 Å². The number of nitrogens with one attached hydrogen (secondary N) is 1. The van der Waals surface area contributed by atoms with Gasteiger partial charge >= 0.3 is 0 Å². The summed E-state index contributed by atoms with van der Waals surface area (Å²) in [6.45, 7) is 0.378. The fourth-order valence-corrected chi connectivity index (χ4v) is 3.29. The molecule has 0 amide bonds. The Morgan fingerprint density at radius 1 is 1.35 bits per heavy atom. The highest BCUT2D eigenvalue weighted by Crippen LogP contribution is 2.23. The molecule has 0 spiro atoms. The molecule has 5 nitrogen and oxygen atoms in total. The molecule has 1 unspecified atom stereocenters. The molecule has 0 saturated carbocycles. The molecule has 1 atom stereocenters. The van der Waals surface area contributed by atoms with Crippen LogP contribution in [0, 0.1) is 0 Å². The first-order valence-electron chi connectivity index (χ1n) is 5.80. The third-order valence-electron chi connectivity index (χ3n) is 2.63. The van der Waals surface area contributed by atoms with E-state index in [1.54, 1.807) is 6.07 Å². The van der Waals surface area contributed by atoms with Crippen molar-refractivity contribution < 1.29 is 17.9 Å². The fraction of sp³-hybridized carbons (Fsp3) is 0.500. The van der Waals surface area contributed by atoms with E-state index in [-0.39, 0.29) is 35.1 Å². The van der Waals surface area contributed by atoms with Crippen LogP contribution in [0.4, 0.5) is 0 Å². The summed E-state index contributed by atoms with van der Waals surface area (Å²) < 4.78 is 36.9. The molecule has 1 aromatic carbocycles. The number of hydrogen-bond acceptors (Lipinski definition) is 4. The maximum absolute atomic E-state index is 12.2. The molecule has 1 N–H and O–H groups in total. The van der Waals surface area contributed by atoms with Crippen molar-refractivity contribution in [2.75, 3.05) is 27.4 Å². The normalized spacial score (nSPS) is 13.4. The van der Waals surface area contributed by atoms with Gasteiger partial charge in [-0.05, 0) is 17.7 Å². The largest absolute Gasteiger partial charge is 0.382 e. The minimum Gasteiger partial charge on any atom is -0.382 e. The summed E-state index contributed by atoms with van der Waals surface area (Å²) in [6.07, 6.45) is -0.371. The first-order chi connectivity index (χ1) is 9.44. The van der Waals surface area contributed by atoms with Crippen LogP contribution in [0.1, 0.15) is 5.56 Å². The number of sulfonamides is 1. The van der Waals surface area contributed by atoms with Gasteiger partial charge in [0.25, 0.3) is 0 Å². The Morgan fingerprint density at radius 2 is 2.05 bits per heavy atom. The van der Waals surface area contributed by atoms with Gasteiger partial charge in [-0.15, -0.1) is 11.6 Å². The van der Waals surface area contributed by atoms with E-state index < -0.39 is 10.0 Å². The van der Waals surface area contributed by atoms with E-state index in [0.717, 1.165) is 0 Å². The number of rotatable bonds is 8. The Bertz CT molecular complexity index is 536. The van der Waals surface area contributed by atoms with Crippen LogP contribution >= 0.6 is 23.2 Å². The van der Waals surface area contributed by atoms with Crippen molar-refractivity contribution in [3.05, 3.63) is 28.8 Å². The maximum atomic E-state index is 12.2. The fourth-order valence-electron chi connectivity index (χ4n) is 1.51. The highest BCUT2D eigenvalue weighted by atomic mass is 35.5. The van der Waals surface area contributed by atoms with E-state index in [1.165, 1.54) is 26.4 Å². The maximum Gasteiger partial charge on any atom is 0.242 e. The van der Waals surface area contributed by atoms with E-state index in [0.29, 0.717) is 5.56 Å².